The first-order chi connectivity index (χ1) is 12.2. The number of nitrogens with zero attached hydrogens (tertiary/aromatic N) is 2. The summed E-state index contributed by atoms with van der Waals surface area (Å²) in [6.45, 7) is 7.72. The van der Waals surface area contributed by atoms with Crippen molar-refractivity contribution in [1.82, 2.24) is 10.7 Å². The topological polar surface area (TPSA) is 114 Å². The highest BCUT2D eigenvalue weighted by molar-refractivity contribution is 5.75. The van der Waals surface area contributed by atoms with Crippen molar-refractivity contribution in [2.75, 3.05) is 6.61 Å². The van der Waals surface area contributed by atoms with Gasteiger partial charge in [-0.15, -0.1) is 0 Å². The van der Waals surface area contributed by atoms with Gasteiger partial charge in [-0.25, -0.2) is 4.84 Å². The molecule has 0 saturated carbocycles. The Balaban J connectivity index is 2.83. The van der Waals surface area contributed by atoms with Gasteiger partial charge in [0, 0.05) is 19.0 Å². The van der Waals surface area contributed by atoms with E-state index in [1.54, 1.807) is 26.0 Å². The van der Waals surface area contributed by atoms with E-state index in [1.807, 2.05) is 13.8 Å². The van der Waals surface area contributed by atoms with E-state index in [0.717, 1.165) is 6.42 Å². The molecule has 0 aromatic heterocycles. The first-order valence-corrected chi connectivity index (χ1v) is 8.57. The summed E-state index contributed by atoms with van der Waals surface area (Å²) >= 11 is 0. The summed E-state index contributed by atoms with van der Waals surface area (Å²) < 4.78 is 0. The van der Waals surface area contributed by atoms with Crippen LogP contribution in [0.3, 0.4) is 0 Å². The molecule has 0 bridgehead atoms. The zero-order valence-corrected chi connectivity index (χ0v) is 15.6. The summed E-state index contributed by atoms with van der Waals surface area (Å²) in [5, 5.41) is 23.6. The molecule has 1 aromatic carbocycles. The molecule has 0 aliphatic rings. The zero-order chi connectivity index (χ0) is 19.7. The van der Waals surface area contributed by atoms with Crippen LogP contribution in [0.2, 0.25) is 0 Å². The molecular weight excluding hydrogens is 342 g/mol. The Hall–Kier alpha value is -2.07. The van der Waals surface area contributed by atoms with Gasteiger partial charge >= 0.3 is 0 Å². The number of nitro benzene ring substituents is 1. The third kappa shape index (κ3) is 7.44. The molecule has 0 fully saturated rings. The SMILES string of the molecule is CCON(O)OC(C)c1cc(CNC(=O)CCC(C)C)ccc1[N+](=O)[O-]. The van der Waals surface area contributed by atoms with Crippen LogP contribution in [0.1, 0.15) is 57.8 Å². The van der Waals surface area contributed by atoms with Crippen molar-refractivity contribution >= 4 is 11.6 Å². The third-order valence-corrected chi connectivity index (χ3v) is 3.65. The van der Waals surface area contributed by atoms with Crippen LogP contribution in [0.5, 0.6) is 0 Å². The van der Waals surface area contributed by atoms with Crippen LogP contribution in [0.4, 0.5) is 5.69 Å². The maximum absolute atomic E-state index is 11.8. The van der Waals surface area contributed by atoms with Gasteiger partial charge in [0.25, 0.3) is 5.69 Å². The molecule has 1 unspecified atom stereocenters. The second-order valence-corrected chi connectivity index (χ2v) is 6.26. The van der Waals surface area contributed by atoms with Crippen molar-refractivity contribution in [1.29, 1.82) is 0 Å². The van der Waals surface area contributed by atoms with Crippen LogP contribution in [0, 0.1) is 16.0 Å². The lowest BCUT2D eigenvalue weighted by Gasteiger charge is -2.19. The number of nitro groups is 1. The molecule has 2 N–H and O–H groups in total. The predicted octanol–water partition coefficient (Wildman–Crippen LogP) is 3.28. The minimum absolute atomic E-state index is 0.0687. The van der Waals surface area contributed by atoms with Crippen LogP contribution < -0.4 is 5.32 Å². The molecule has 0 heterocycles. The molecule has 1 aromatic rings. The highest BCUT2D eigenvalue weighted by Crippen LogP contribution is 2.29. The van der Waals surface area contributed by atoms with E-state index in [2.05, 4.69) is 5.32 Å². The van der Waals surface area contributed by atoms with Gasteiger partial charge in [0.15, 0.2) is 0 Å². The Labute approximate surface area is 152 Å². The van der Waals surface area contributed by atoms with Crippen molar-refractivity contribution in [3.8, 4) is 0 Å². The van der Waals surface area contributed by atoms with E-state index in [9.17, 15) is 20.1 Å². The number of rotatable bonds is 11. The van der Waals surface area contributed by atoms with Gasteiger partial charge in [0.2, 0.25) is 5.91 Å². The second-order valence-electron chi connectivity index (χ2n) is 6.26. The highest BCUT2D eigenvalue weighted by atomic mass is 17.1. The summed E-state index contributed by atoms with van der Waals surface area (Å²) in [7, 11) is 0. The molecular formula is C17H27N3O6. The molecule has 26 heavy (non-hydrogen) atoms. The Morgan fingerprint density at radius 3 is 2.65 bits per heavy atom. The minimum atomic E-state index is -0.830. The number of carbonyl (C=O) groups excluding carboxylic acids is 1. The van der Waals surface area contributed by atoms with Crippen LogP contribution in [0.15, 0.2) is 18.2 Å². The quantitative estimate of drug-likeness (QED) is 0.454. The van der Waals surface area contributed by atoms with Crippen molar-refractivity contribution in [3.05, 3.63) is 39.4 Å². The van der Waals surface area contributed by atoms with E-state index >= 15 is 0 Å². The molecule has 0 saturated heterocycles. The summed E-state index contributed by atoms with van der Waals surface area (Å²) in [4.78, 5) is 32.4. The van der Waals surface area contributed by atoms with Gasteiger partial charge < -0.3 is 5.32 Å². The van der Waals surface area contributed by atoms with E-state index in [-0.39, 0.29) is 35.7 Å². The molecule has 0 radical (unpaired) electrons. The summed E-state index contributed by atoms with van der Waals surface area (Å²) in [5.41, 5.74) is 0.819. The molecule has 0 aliphatic carbocycles. The predicted molar refractivity (Wildman–Crippen MR) is 93.8 cm³/mol. The summed E-state index contributed by atoms with van der Waals surface area (Å²) in [6, 6.07) is 4.51. The van der Waals surface area contributed by atoms with Crippen LogP contribution >= 0.6 is 0 Å². The molecule has 146 valence electrons. The van der Waals surface area contributed by atoms with Gasteiger partial charge in [-0.05, 0) is 37.8 Å². The molecule has 1 atom stereocenters. The van der Waals surface area contributed by atoms with Gasteiger partial charge in [0.05, 0.1) is 22.5 Å². The number of nitrogens with one attached hydrogen (secondary N) is 1. The smallest absolute Gasteiger partial charge is 0.275 e. The summed E-state index contributed by atoms with van der Waals surface area (Å²) in [6.07, 6.45) is 0.403. The lowest BCUT2D eigenvalue weighted by Crippen LogP contribution is -2.24. The number of benzene rings is 1. The van der Waals surface area contributed by atoms with E-state index in [1.165, 1.54) is 6.07 Å². The fourth-order valence-corrected chi connectivity index (χ4v) is 2.25. The van der Waals surface area contributed by atoms with Crippen molar-refractivity contribution in [2.45, 2.75) is 53.2 Å². The average molecular weight is 369 g/mol. The summed E-state index contributed by atoms with van der Waals surface area (Å²) in [5.74, 6) is 0.372. The number of carbonyl (C=O) groups is 1. The van der Waals surface area contributed by atoms with E-state index < -0.39 is 11.0 Å². The molecule has 9 heteroatoms. The van der Waals surface area contributed by atoms with Crippen molar-refractivity contribution < 1.29 is 24.6 Å². The molecule has 9 nitrogen and oxygen atoms in total. The number of amides is 1. The standard InChI is InChI=1S/C17H27N3O6/c1-5-25-20(24)26-13(4)15-10-14(7-8-16(15)19(22)23)11-18-17(21)9-6-12(2)3/h7-8,10,12-13,24H,5-6,9,11H2,1-4H3,(H,18,21). The van der Waals surface area contributed by atoms with Gasteiger partial charge in [-0.1, -0.05) is 19.9 Å². The maximum atomic E-state index is 11.8. The normalized spacial score (nSPS) is 12.4. The number of hydrogen-bond donors (Lipinski definition) is 2. The Morgan fingerprint density at radius 2 is 2.08 bits per heavy atom. The zero-order valence-electron chi connectivity index (χ0n) is 15.6. The largest absolute Gasteiger partial charge is 0.352 e. The minimum Gasteiger partial charge on any atom is -0.352 e. The second kappa shape index (κ2) is 10.8. The first-order valence-electron chi connectivity index (χ1n) is 8.57. The monoisotopic (exact) mass is 369 g/mol. The van der Waals surface area contributed by atoms with Crippen LogP contribution in [-0.4, -0.2) is 28.0 Å². The third-order valence-electron chi connectivity index (χ3n) is 3.65. The van der Waals surface area contributed by atoms with Gasteiger partial charge in [-0.3, -0.25) is 25.0 Å². The molecule has 0 aliphatic heterocycles. The fraction of sp³-hybridized carbons (Fsp3) is 0.588. The Bertz CT molecular complexity index is 608. The van der Waals surface area contributed by atoms with Crippen molar-refractivity contribution in [3.63, 3.8) is 0 Å². The molecule has 1 rings (SSSR count). The van der Waals surface area contributed by atoms with Crippen LogP contribution in [-0.2, 0) is 21.0 Å². The maximum Gasteiger partial charge on any atom is 0.275 e. The Kier molecular flexibility index (Phi) is 9.14. The van der Waals surface area contributed by atoms with Gasteiger partial charge in [0.1, 0.15) is 6.10 Å². The van der Waals surface area contributed by atoms with E-state index in [0.29, 0.717) is 17.9 Å². The first kappa shape index (κ1) is 22.0. The molecule has 0 spiro atoms. The molecule has 1 amide bonds. The average Bonchev–Trinajstić information content (AvgIpc) is 2.57. The van der Waals surface area contributed by atoms with Crippen LogP contribution in [0.25, 0.3) is 0 Å². The lowest BCUT2D eigenvalue weighted by atomic mass is 10.0. The Morgan fingerprint density at radius 1 is 1.38 bits per heavy atom. The fourth-order valence-electron chi connectivity index (χ4n) is 2.25. The van der Waals surface area contributed by atoms with E-state index in [4.69, 9.17) is 9.68 Å². The van der Waals surface area contributed by atoms with Gasteiger partial charge in [-0.2, -0.15) is 0 Å². The van der Waals surface area contributed by atoms with Crippen molar-refractivity contribution in [2.24, 2.45) is 5.92 Å². The lowest BCUT2D eigenvalue weighted by molar-refractivity contribution is -0.521. The number of hydrogen-bond acceptors (Lipinski definition) is 7. The highest BCUT2D eigenvalue weighted by Gasteiger charge is 2.22.